The quantitative estimate of drug-likeness (QED) is 0.276. The Labute approximate surface area is 82.2 Å². The third kappa shape index (κ3) is 11.0. The fourth-order valence-electron chi connectivity index (χ4n) is 0. The molecule has 0 N–H and O–H groups in total. The van der Waals surface area contributed by atoms with Crippen LogP contribution in [-0.2, 0) is 4.79 Å². The van der Waals surface area contributed by atoms with Crippen molar-refractivity contribution in [2.24, 2.45) is 0 Å². The molecule has 0 rings (SSSR count). The van der Waals surface area contributed by atoms with E-state index in [1.54, 1.807) is 0 Å². The maximum absolute atomic E-state index is 10.4. The van der Waals surface area contributed by atoms with Crippen molar-refractivity contribution in [1.29, 1.82) is 0 Å². The van der Waals surface area contributed by atoms with Crippen molar-refractivity contribution in [2.75, 3.05) is 0 Å². The first-order valence-electron chi connectivity index (χ1n) is 1.09. The van der Waals surface area contributed by atoms with E-state index in [1.165, 1.54) is 0 Å². The zero-order valence-electron chi connectivity index (χ0n) is 4.62. The van der Waals surface area contributed by atoms with Crippen molar-refractivity contribution in [3.63, 3.8) is 0 Å². The van der Waals surface area contributed by atoms with Crippen molar-refractivity contribution in [2.45, 2.75) is 6.18 Å². The molecule has 7 heavy (non-hydrogen) atoms. The van der Waals surface area contributed by atoms with Gasteiger partial charge in [0.15, 0.2) is 0 Å². The molecule has 0 spiro atoms. The molecule has 38 valence electrons. The minimum Gasteiger partial charge on any atom is -1.00 e. The van der Waals surface area contributed by atoms with Crippen molar-refractivity contribution < 1.29 is 70.8 Å². The molecular formula is C2H2F3KO. The number of rotatable bonds is 0. The molecule has 0 aliphatic carbocycles. The van der Waals surface area contributed by atoms with Crippen LogP contribution in [0.4, 0.5) is 13.2 Å². The number of halogens is 3. The first-order chi connectivity index (χ1) is 2.56. The van der Waals surface area contributed by atoms with E-state index in [9.17, 15) is 13.2 Å². The summed E-state index contributed by atoms with van der Waals surface area (Å²) >= 11 is 0. The Morgan fingerprint density at radius 1 is 1.43 bits per heavy atom. The Kier molecular flexibility index (Phi) is 6.31. The minimum absolute atomic E-state index is 0. The molecule has 0 atom stereocenters. The molecule has 0 saturated heterocycles. The summed E-state index contributed by atoms with van der Waals surface area (Å²) in [5.41, 5.74) is 0. The monoisotopic (exact) mass is 138 g/mol. The van der Waals surface area contributed by atoms with Crippen molar-refractivity contribution in [1.82, 2.24) is 0 Å². The van der Waals surface area contributed by atoms with Gasteiger partial charge in [-0.25, -0.2) is 0 Å². The third-order valence-corrected chi connectivity index (χ3v) is 0.134. The van der Waals surface area contributed by atoms with Gasteiger partial charge >= 0.3 is 57.6 Å². The molecule has 0 aliphatic rings. The predicted molar refractivity (Wildman–Crippen MR) is 13.2 cm³/mol. The topological polar surface area (TPSA) is 17.1 Å². The van der Waals surface area contributed by atoms with Gasteiger partial charge in [0.05, 0.1) is 0 Å². The number of alkyl halides is 3. The summed E-state index contributed by atoms with van der Waals surface area (Å²) in [6, 6.07) is 0. The van der Waals surface area contributed by atoms with Gasteiger partial charge in [0, 0.05) is 0 Å². The second-order valence-electron chi connectivity index (χ2n) is 0.659. The van der Waals surface area contributed by atoms with Crippen molar-refractivity contribution in [3.05, 3.63) is 0 Å². The second-order valence-corrected chi connectivity index (χ2v) is 0.659. The van der Waals surface area contributed by atoms with E-state index in [0.717, 1.165) is 0 Å². The van der Waals surface area contributed by atoms with Crippen LogP contribution in [0.1, 0.15) is 1.43 Å². The molecule has 0 fully saturated rings. The maximum Gasteiger partial charge on any atom is 1.00 e. The van der Waals surface area contributed by atoms with Crippen LogP contribution in [0, 0.1) is 0 Å². The van der Waals surface area contributed by atoms with Crippen LogP contribution < -0.4 is 51.4 Å². The standard InChI is InChI=1S/C2HF3O.K.H/c3-2(4,5)1-6;;/h1H;;/q;+1;-1. The van der Waals surface area contributed by atoms with Gasteiger partial charge in [-0.05, 0) is 0 Å². The van der Waals surface area contributed by atoms with Crippen molar-refractivity contribution >= 4 is 6.29 Å². The molecule has 0 aromatic heterocycles. The van der Waals surface area contributed by atoms with Crippen LogP contribution in [0.15, 0.2) is 0 Å². The van der Waals surface area contributed by atoms with E-state index in [4.69, 9.17) is 4.79 Å². The van der Waals surface area contributed by atoms with Crippen LogP contribution >= 0.6 is 0 Å². The molecular weight excluding hydrogens is 136 g/mol. The first-order valence-corrected chi connectivity index (χ1v) is 1.09. The fraction of sp³-hybridized carbons (Fsp3) is 0.500. The molecule has 0 saturated carbocycles. The minimum atomic E-state index is -4.64. The molecule has 0 aliphatic heterocycles. The molecule has 1 nitrogen and oxygen atoms in total. The third-order valence-electron chi connectivity index (χ3n) is 0.134. The number of aldehydes is 1. The Hall–Kier alpha value is 1.10. The van der Waals surface area contributed by atoms with E-state index >= 15 is 0 Å². The Morgan fingerprint density at radius 3 is 1.57 bits per heavy atom. The van der Waals surface area contributed by atoms with Gasteiger partial charge in [0.1, 0.15) is 0 Å². The molecule has 0 bridgehead atoms. The number of carbonyl (C=O) groups excluding carboxylic acids is 1. The van der Waals surface area contributed by atoms with Gasteiger partial charge in [-0.2, -0.15) is 13.2 Å². The van der Waals surface area contributed by atoms with Crippen LogP contribution in [0.25, 0.3) is 0 Å². The Bertz CT molecular complexity index is 62.8. The van der Waals surface area contributed by atoms with Gasteiger partial charge in [-0.15, -0.1) is 0 Å². The maximum atomic E-state index is 10.4. The van der Waals surface area contributed by atoms with Gasteiger partial charge in [0.25, 0.3) is 0 Å². The van der Waals surface area contributed by atoms with Crippen LogP contribution in [0.5, 0.6) is 0 Å². The van der Waals surface area contributed by atoms with Crippen LogP contribution in [-0.4, -0.2) is 12.5 Å². The molecule has 0 amide bonds. The Balaban J connectivity index is -0.000000125. The summed E-state index contributed by atoms with van der Waals surface area (Å²) in [6.45, 7) is 0. The molecule has 0 radical (unpaired) electrons. The molecule has 0 aromatic rings. The number of hydrogen-bond donors (Lipinski definition) is 0. The van der Waals surface area contributed by atoms with Crippen molar-refractivity contribution in [3.8, 4) is 0 Å². The van der Waals surface area contributed by atoms with Gasteiger partial charge < -0.3 is 1.43 Å². The van der Waals surface area contributed by atoms with E-state index in [-0.39, 0.29) is 52.8 Å². The molecule has 0 aromatic carbocycles. The molecule has 0 heterocycles. The first kappa shape index (κ1) is 11.0. The number of carbonyl (C=O) groups is 1. The summed E-state index contributed by atoms with van der Waals surface area (Å²) in [4.78, 5) is 8.70. The average molecular weight is 138 g/mol. The Morgan fingerprint density at radius 2 is 1.57 bits per heavy atom. The van der Waals surface area contributed by atoms with Crippen LogP contribution in [0.3, 0.4) is 0 Å². The number of hydrogen-bond acceptors (Lipinski definition) is 1. The van der Waals surface area contributed by atoms with Gasteiger partial charge in [-0.3, -0.25) is 4.79 Å². The molecule has 5 heteroatoms. The van der Waals surface area contributed by atoms with E-state index in [1.807, 2.05) is 0 Å². The fourth-order valence-corrected chi connectivity index (χ4v) is 0. The largest absolute Gasteiger partial charge is 1.00 e. The summed E-state index contributed by atoms with van der Waals surface area (Å²) in [5.74, 6) is 0. The molecule has 0 unspecified atom stereocenters. The van der Waals surface area contributed by atoms with Crippen LogP contribution in [0.2, 0.25) is 0 Å². The zero-order chi connectivity index (χ0) is 5.21. The summed E-state index contributed by atoms with van der Waals surface area (Å²) in [5, 5.41) is 0. The van der Waals surface area contributed by atoms with Gasteiger partial charge in [-0.1, -0.05) is 0 Å². The SMILES string of the molecule is O=CC(F)(F)F.[H-].[K+]. The van der Waals surface area contributed by atoms with E-state index in [0.29, 0.717) is 0 Å². The van der Waals surface area contributed by atoms with Gasteiger partial charge in [0.2, 0.25) is 6.29 Å². The predicted octanol–water partition coefficient (Wildman–Crippen LogP) is -2.14. The summed E-state index contributed by atoms with van der Waals surface area (Å²) < 4.78 is 31.2. The van der Waals surface area contributed by atoms with E-state index in [2.05, 4.69) is 0 Å². The normalized spacial score (nSPS) is 9.57. The van der Waals surface area contributed by atoms with E-state index < -0.39 is 12.5 Å². The summed E-state index contributed by atoms with van der Waals surface area (Å²) in [6.07, 6.45) is -5.70. The second kappa shape index (κ2) is 4.02. The average Bonchev–Trinajstić information content (AvgIpc) is 1.35. The smallest absolute Gasteiger partial charge is 1.00 e. The summed E-state index contributed by atoms with van der Waals surface area (Å²) in [7, 11) is 0. The zero-order valence-corrected chi connectivity index (χ0v) is 6.74.